The molecule has 5 nitrogen and oxygen atoms in total. The van der Waals surface area contributed by atoms with E-state index in [0.717, 1.165) is 52.1 Å². The SMILES string of the molecule is CS(=O)(=O)N1CCCC(CN2CCN(CCCl)CC2)C1. The van der Waals surface area contributed by atoms with Crippen LogP contribution in [-0.2, 0) is 10.0 Å². The molecule has 1 atom stereocenters. The number of halogens is 1. The molecule has 1 unspecified atom stereocenters. The van der Waals surface area contributed by atoms with Crippen molar-refractivity contribution in [2.45, 2.75) is 12.8 Å². The van der Waals surface area contributed by atoms with Gasteiger partial charge in [-0.2, -0.15) is 0 Å². The van der Waals surface area contributed by atoms with Gasteiger partial charge in [-0.05, 0) is 18.8 Å². The number of nitrogens with zero attached hydrogens (tertiary/aromatic N) is 3. The number of rotatable bonds is 5. The maximum atomic E-state index is 11.6. The van der Waals surface area contributed by atoms with Crippen LogP contribution in [0.2, 0.25) is 0 Å². The van der Waals surface area contributed by atoms with E-state index >= 15 is 0 Å². The van der Waals surface area contributed by atoms with Gasteiger partial charge in [0.15, 0.2) is 0 Å². The molecule has 2 fully saturated rings. The van der Waals surface area contributed by atoms with Gasteiger partial charge in [-0.15, -0.1) is 11.6 Å². The monoisotopic (exact) mass is 323 g/mol. The first kappa shape index (κ1) is 16.5. The summed E-state index contributed by atoms with van der Waals surface area (Å²) >= 11 is 5.77. The highest BCUT2D eigenvalue weighted by Crippen LogP contribution is 2.20. The van der Waals surface area contributed by atoms with Crippen LogP contribution in [-0.4, -0.2) is 87.0 Å². The Morgan fingerprint density at radius 2 is 1.75 bits per heavy atom. The topological polar surface area (TPSA) is 43.9 Å². The molecule has 0 spiro atoms. The lowest BCUT2D eigenvalue weighted by Crippen LogP contribution is -2.50. The van der Waals surface area contributed by atoms with E-state index < -0.39 is 10.0 Å². The predicted molar refractivity (Wildman–Crippen MR) is 82.7 cm³/mol. The molecule has 20 heavy (non-hydrogen) atoms. The average Bonchev–Trinajstić information content (AvgIpc) is 2.41. The van der Waals surface area contributed by atoms with Gasteiger partial charge >= 0.3 is 0 Å². The summed E-state index contributed by atoms with van der Waals surface area (Å²) in [7, 11) is -3.02. The zero-order chi connectivity index (χ0) is 14.6. The van der Waals surface area contributed by atoms with Crippen molar-refractivity contribution in [1.82, 2.24) is 14.1 Å². The van der Waals surface area contributed by atoms with Crippen molar-refractivity contribution in [3.05, 3.63) is 0 Å². The fraction of sp³-hybridized carbons (Fsp3) is 1.00. The molecule has 2 aliphatic heterocycles. The lowest BCUT2D eigenvalue weighted by molar-refractivity contribution is 0.108. The Hall–Kier alpha value is 0.120. The van der Waals surface area contributed by atoms with Crippen LogP contribution < -0.4 is 0 Å². The van der Waals surface area contributed by atoms with Crippen LogP contribution in [0.1, 0.15) is 12.8 Å². The van der Waals surface area contributed by atoms with Crippen LogP contribution in [0.15, 0.2) is 0 Å². The lowest BCUT2D eigenvalue weighted by atomic mass is 9.99. The predicted octanol–water partition coefficient (Wildman–Crippen LogP) is 0.514. The van der Waals surface area contributed by atoms with Crippen LogP contribution in [0.4, 0.5) is 0 Å². The van der Waals surface area contributed by atoms with Crippen molar-refractivity contribution in [3.8, 4) is 0 Å². The van der Waals surface area contributed by atoms with Gasteiger partial charge in [0.25, 0.3) is 0 Å². The second kappa shape index (κ2) is 7.40. The summed E-state index contributed by atoms with van der Waals surface area (Å²) in [6.45, 7) is 7.70. The maximum absolute atomic E-state index is 11.6. The third kappa shape index (κ3) is 4.84. The summed E-state index contributed by atoms with van der Waals surface area (Å²) in [6, 6.07) is 0. The molecule has 118 valence electrons. The molecule has 2 aliphatic rings. The van der Waals surface area contributed by atoms with Gasteiger partial charge in [-0.25, -0.2) is 12.7 Å². The van der Waals surface area contributed by atoms with Gasteiger partial charge in [0.05, 0.1) is 6.26 Å². The number of hydrogen-bond acceptors (Lipinski definition) is 4. The van der Waals surface area contributed by atoms with Crippen molar-refractivity contribution in [2.75, 3.05) is 64.5 Å². The fourth-order valence-corrected chi connectivity index (χ4v) is 4.34. The Morgan fingerprint density at radius 1 is 1.10 bits per heavy atom. The van der Waals surface area contributed by atoms with E-state index in [1.807, 2.05) is 0 Å². The average molecular weight is 324 g/mol. The van der Waals surface area contributed by atoms with Crippen molar-refractivity contribution < 1.29 is 8.42 Å². The quantitative estimate of drug-likeness (QED) is 0.692. The van der Waals surface area contributed by atoms with E-state index in [0.29, 0.717) is 24.9 Å². The third-order valence-electron chi connectivity index (χ3n) is 4.33. The van der Waals surface area contributed by atoms with E-state index in [9.17, 15) is 8.42 Å². The summed E-state index contributed by atoms with van der Waals surface area (Å²) in [5.41, 5.74) is 0. The first-order valence-corrected chi connectivity index (χ1v) is 9.83. The van der Waals surface area contributed by atoms with Gasteiger partial charge in [0.1, 0.15) is 0 Å². The molecular formula is C13H26ClN3O2S. The van der Waals surface area contributed by atoms with Crippen LogP contribution in [0.5, 0.6) is 0 Å². The molecule has 0 aromatic carbocycles. The van der Waals surface area contributed by atoms with E-state index in [1.165, 1.54) is 6.26 Å². The summed E-state index contributed by atoms with van der Waals surface area (Å²) in [4.78, 5) is 4.87. The van der Waals surface area contributed by atoms with Crippen LogP contribution in [0.25, 0.3) is 0 Å². The fourth-order valence-electron chi connectivity index (χ4n) is 3.16. The van der Waals surface area contributed by atoms with Gasteiger partial charge < -0.3 is 4.90 Å². The van der Waals surface area contributed by atoms with Gasteiger partial charge in [0, 0.05) is 58.2 Å². The van der Waals surface area contributed by atoms with Crippen LogP contribution >= 0.6 is 11.6 Å². The largest absolute Gasteiger partial charge is 0.300 e. The zero-order valence-electron chi connectivity index (χ0n) is 12.3. The molecule has 0 radical (unpaired) electrons. The minimum absolute atomic E-state index is 0.484. The molecule has 0 amide bonds. The first-order chi connectivity index (χ1) is 9.49. The molecule has 0 saturated carbocycles. The molecule has 0 aromatic rings. The van der Waals surface area contributed by atoms with Crippen LogP contribution in [0.3, 0.4) is 0 Å². The second-order valence-corrected chi connectivity index (χ2v) is 8.32. The third-order valence-corrected chi connectivity index (χ3v) is 5.77. The molecular weight excluding hydrogens is 298 g/mol. The van der Waals surface area contributed by atoms with Crippen molar-refractivity contribution in [2.24, 2.45) is 5.92 Å². The molecule has 7 heteroatoms. The summed E-state index contributed by atoms with van der Waals surface area (Å²) in [5, 5.41) is 0. The Balaban J connectivity index is 1.77. The molecule has 0 aliphatic carbocycles. The van der Waals surface area contributed by atoms with Gasteiger partial charge in [-0.1, -0.05) is 0 Å². The second-order valence-electron chi connectivity index (χ2n) is 5.96. The van der Waals surface area contributed by atoms with Crippen LogP contribution in [0, 0.1) is 5.92 Å². The van der Waals surface area contributed by atoms with E-state index in [2.05, 4.69) is 9.80 Å². The number of piperidine rings is 1. The molecule has 0 bridgehead atoms. The van der Waals surface area contributed by atoms with Gasteiger partial charge in [0.2, 0.25) is 10.0 Å². The Labute approximate surface area is 127 Å². The first-order valence-electron chi connectivity index (χ1n) is 7.45. The van der Waals surface area contributed by atoms with E-state index in [4.69, 9.17) is 11.6 Å². The smallest absolute Gasteiger partial charge is 0.211 e. The maximum Gasteiger partial charge on any atom is 0.211 e. The standard InChI is InChI=1S/C13H26ClN3O2S/c1-20(18,19)17-5-2-3-13(12-17)11-16-9-7-15(6-4-14)8-10-16/h13H,2-12H2,1H3. The van der Waals surface area contributed by atoms with Gasteiger partial charge in [-0.3, -0.25) is 4.90 Å². The highest BCUT2D eigenvalue weighted by molar-refractivity contribution is 7.88. The number of hydrogen-bond donors (Lipinski definition) is 0. The molecule has 2 saturated heterocycles. The zero-order valence-corrected chi connectivity index (χ0v) is 13.9. The molecule has 0 N–H and O–H groups in total. The number of piperazine rings is 1. The Morgan fingerprint density at radius 3 is 2.35 bits per heavy atom. The van der Waals surface area contributed by atoms with E-state index in [1.54, 1.807) is 4.31 Å². The lowest BCUT2D eigenvalue weighted by Gasteiger charge is -2.38. The molecule has 2 heterocycles. The molecule has 2 rings (SSSR count). The van der Waals surface area contributed by atoms with Crippen molar-refractivity contribution in [3.63, 3.8) is 0 Å². The van der Waals surface area contributed by atoms with E-state index in [-0.39, 0.29) is 0 Å². The molecule has 0 aromatic heterocycles. The van der Waals surface area contributed by atoms with Crippen molar-refractivity contribution in [1.29, 1.82) is 0 Å². The number of sulfonamides is 1. The highest BCUT2D eigenvalue weighted by atomic mass is 35.5. The summed E-state index contributed by atoms with van der Waals surface area (Å²) in [6.07, 6.45) is 3.46. The normalized spacial score (nSPS) is 27.8. The summed E-state index contributed by atoms with van der Waals surface area (Å²) in [5.74, 6) is 1.18. The Kier molecular flexibility index (Phi) is 6.10. The Bertz CT molecular complexity index is 396. The summed E-state index contributed by atoms with van der Waals surface area (Å²) < 4.78 is 24.9. The minimum Gasteiger partial charge on any atom is -0.300 e. The minimum atomic E-state index is -3.02. The number of alkyl halides is 1. The van der Waals surface area contributed by atoms with Crippen molar-refractivity contribution >= 4 is 21.6 Å². The highest BCUT2D eigenvalue weighted by Gasteiger charge is 2.28.